The van der Waals surface area contributed by atoms with E-state index in [1.807, 2.05) is 6.07 Å². The van der Waals surface area contributed by atoms with E-state index >= 15 is 0 Å². The molecule has 0 aliphatic carbocycles. The van der Waals surface area contributed by atoms with Gasteiger partial charge in [0.15, 0.2) is 0 Å². The van der Waals surface area contributed by atoms with Gasteiger partial charge in [0.1, 0.15) is 5.88 Å². The second kappa shape index (κ2) is 6.91. The summed E-state index contributed by atoms with van der Waals surface area (Å²) in [5.41, 5.74) is 1.47. The van der Waals surface area contributed by atoms with Gasteiger partial charge in [0.05, 0.1) is 12.7 Å². The summed E-state index contributed by atoms with van der Waals surface area (Å²) >= 11 is 5.35. The first-order valence-corrected chi connectivity index (χ1v) is 5.70. The van der Waals surface area contributed by atoms with Crippen LogP contribution >= 0.6 is 11.6 Å². The number of ether oxygens (including phenoxy) is 1. The Morgan fingerprint density at radius 2 is 2.18 bits per heavy atom. The number of methoxy groups -OCH3 is 1. The second-order valence-corrected chi connectivity index (χ2v) is 3.69. The number of carbonyl (C=O) groups excluding carboxylic acids is 2. The minimum Gasteiger partial charge on any atom is -0.465 e. The number of hydrogen-bond donors (Lipinski definition) is 1. The lowest BCUT2D eigenvalue weighted by molar-refractivity contribution is -0.118. The molecule has 1 N–H and O–H groups in total. The summed E-state index contributed by atoms with van der Waals surface area (Å²) in [6.45, 7) is 0.496. The lowest BCUT2D eigenvalue weighted by Gasteiger charge is -2.05. The normalized spacial score (nSPS) is 9.76. The molecule has 0 saturated carbocycles. The van der Waals surface area contributed by atoms with Gasteiger partial charge in [0.25, 0.3) is 0 Å². The van der Waals surface area contributed by atoms with Crippen LogP contribution in [0.15, 0.2) is 24.3 Å². The molecule has 1 rings (SSSR count). The highest BCUT2D eigenvalue weighted by Gasteiger charge is 2.05. The Labute approximate surface area is 105 Å². The number of rotatable bonds is 5. The van der Waals surface area contributed by atoms with Crippen LogP contribution in [0.5, 0.6) is 0 Å². The molecule has 4 nitrogen and oxygen atoms in total. The summed E-state index contributed by atoms with van der Waals surface area (Å²) in [5.74, 6) is -0.602. The molecule has 0 aromatic heterocycles. The largest absolute Gasteiger partial charge is 0.465 e. The highest BCUT2D eigenvalue weighted by molar-refractivity contribution is 6.27. The average Bonchev–Trinajstić information content (AvgIpc) is 2.38. The van der Waals surface area contributed by atoms with Crippen molar-refractivity contribution in [2.24, 2.45) is 0 Å². The van der Waals surface area contributed by atoms with Crippen molar-refractivity contribution in [1.82, 2.24) is 5.32 Å². The Morgan fingerprint density at radius 3 is 2.82 bits per heavy atom. The van der Waals surface area contributed by atoms with Crippen LogP contribution < -0.4 is 5.32 Å². The molecule has 1 amide bonds. The molecule has 5 heteroatoms. The molecule has 17 heavy (non-hydrogen) atoms. The summed E-state index contributed by atoms with van der Waals surface area (Å²) < 4.78 is 4.63. The van der Waals surface area contributed by atoms with E-state index in [4.69, 9.17) is 11.6 Å². The van der Waals surface area contributed by atoms with Crippen LogP contribution in [0, 0.1) is 0 Å². The van der Waals surface area contributed by atoms with E-state index in [0.29, 0.717) is 18.5 Å². The zero-order chi connectivity index (χ0) is 12.7. The highest BCUT2D eigenvalue weighted by atomic mass is 35.5. The summed E-state index contributed by atoms with van der Waals surface area (Å²) in [4.78, 5) is 22.2. The van der Waals surface area contributed by atoms with Crippen molar-refractivity contribution < 1.29 is 14.3 Å². The number of benzene rings is 1. The maximum absolute atomic E-state index is 11.3. The van der Waals surface area contributed by atoms with Crippen molar-refractivity contribution in [3.05, 3.63) is 35.4 Å². The van der Waals surface area contributed by atoms with Crippen molar-refractivity contribution >= 4 is 23.5 Å². The van der Waals surface area contributed by atoms with Crippen LogP contribution in [0.2, 0.25) is 0 Å². The van der Waals surface area contributed by atoms with Gasteiger partial charge in [-0.2, -0.15) is 0 Å². The molecule has 1 aromatic carbocycles. The second-order valence-electron chi connectivity index (χ2n) is 3.43. The average molecular weight is 256 g/mol. The van der Waals surface area contributed by atoms with Crippen LogP contribution in [-0.2, 0) is 16.0 Å². The standard InChI is InChI=1S/C12H14ClNO3/c1-17-12(16)10-4-2-3-9(7-10)5-6-14-11(15)8-13/h2-4,7H,5-6,8H2,1H3,(H,14,15). The smallest absolute Gasteiger partial charge is 0.337 e. The van der Waals surface area contributed by atoms with Gasteiger partial charge < -0.3 is 10.1 Å². The van der Waals surface area contributed by atoms with Crippen molar-refractivity contribution in [1.29, 1.82) is 0 Å². The molecule has 0 atom stereocenters. The van der Waals surface area contributed by atoms with Crippen molar-refractivity contribution in [2.75, 3.05) is 19.5 Å². The van der Waals surface area contributed by atoms with Crippen LogP contribution in [0.4, 0.5) is 0 Å². The summed E-state index contributed by atoms with van der Waals surface area (Å²) in [6.07, 6.45) is 0.646. The molecule has 92 valence electrons. The third kappa shape index (κ3) is 4.44. The van der Waals surface area contributed by atoms with Gasteiger partial charge in [0.2, 0.25) is 5.91 Å². The fourth-order valence-electron chi connectivity index (χ4n) is 1.37. The van der Waals surface area contributed by atoms with E-state index in [0.717, 1.165) is 5.56 Å². The van der Waals surface area contributed by atoms with Gasteiger partial charge in [-0.3, -0.25) is 4.79 Å². The highest BCUT2D eigenvalue weighted by Crippen LogP contribution is 2.06. The zero-order valence-corrected chi connectivity index (χ0v) is 10.3. The van der Waals surface area contributed by atoms with Crippen molar-refractivity contribution in [3.63, 3.8) is 0 Å². The van der Waals surface area contributed by atoms with Gasteiger partial charge in [-0.25, -0.2) is 4.79 Å². The van der Waals surface area contributed by atoms with E-state index in [2.05, 4.69) is 10.1 Å². The van der Waals surface area contributed by atoms with Crippen molar-refractivity contribution in [2.45, 2.75) is 6.42 Å². The lowest BCUT2D eigenvalue weighted by Crippen LogP contribution is -2.26. The number of hydrogen-bond acceptors (Lipinski definition) is 3. The molecule has 0 saturated heterocycles. The van der Waals surface area contributed by atoms with Gasteiger partial charge in [0, 0.05) is 6.54 Å². The van der Waals surface area contributed by atoms with E-state index in [1.54, 1.807) is 18.2 Å². The number of amides is 1. The van der Waals surface area contributed by atoms with Gasteiger partial charge in [-0.15, -0.1) is 11.6 Å². The molecule has 0 spiro atoms. The zero-order valence-electron chi connectivity index (χ0n) is 9.53. The molecule has 1 aromatic rings. The fourth-order valence-corrected chi connectivity index (χ4v) is 1.46. The lowest BCUT2D eigenvalue weighted by atomic mass is 10.1. The van der Waals surface area contributed by atoms with Crippen LogP contribution in [0.3, 0.4) is 0 Å². The van der Waals surface area contributed by atoms with Crippen molar-refractivity contribution in [3.8, 4) is 0 Å². The molecule has 0 radical (unpaired) electrons. The first-order chi connectivity index (χ1) is 8.17. The first kappa shape index (κ1) is 13.5. The Hall–Kier alpha value is -1.55. The van der Waals surface area contributed by atoms with Gasteiger partial charge in [-0.05, 0) is 24.1 Å². The van der Waals surface area contributed by atoms with E-state index in [-0.39, 0.29) is 17.8 Å². The predicted molar refractivity (Wildman–Crippen MR) is 65.2 cm³/mol. The molecule has 0 fully saturated rings. The third-order valence-electron chi connectivity index (χ3n) is 2.21. The number of carbonyl (C=O) groups is 2. The summed E-state index contributed by atoms with van der Waals surface area (Å²) in [6, 6.07) is 7.11. The molecular weight excluding hydrogens is 242 g/mol. The Morgan fingerprint density at radius 1 is 1.41 bits per heavy atom. The summed E-state index contributed by atoms with van der Waals surface area (Å²) in [7, 11) is 1.34. The third-order valence-corrected chi connectivity index (χ3v) is 2.45. The Bertz CT molecular complexity index is 406. The van der Waals surface area contributed by atoms with Crippen LogP contribution in [0.1, 0.15) is 15.9 Å². The molecule has 0 heterocycles. The van der Waals surface area contributed by atoms with E-state index in [9.17, 15) is 9.59 Å². The van der Waals surface area contributed by atoms with Crippen LogP contribution in [0.25, 0.3) is 0 Å². The minimum atomic E-state index is -0.364. The van der Waals surface area contributed by atoms with Crippen LogP contribution in [-0.4, -0.2) is 31.4 Å². The summed E-state index contributed by atoms with van der Waals surface area (Å²) in [5, 5.41) is 2.66. The number of alkyl halides is 1. The number of nitrogens with one attached hydrogen (secondary N) is 1. The molecule has 0 aliphatic rings. The Balaban J connectivity index is 2.54. The fraction of sp³-hybridized carbons (Fsp3) is 0.333. The quantitative estimate of drug-likeness (QED) is 0.639. The SMILES string of the molecule is COC(=O)c1cccc(CCNC(=O)CCl)c1. The molecule has 0 aliphatic heterocycles. The van der Waals surface area contributed by atoms with Gasteiger partial charge in [-0.1, -0.05) is 12.1 Å². The number of esters is 1. The predicted octanol–water partition coefficient (Wildman–Crippen LogP) is 1.37. The molecular formula is C12H14ClNO3. The van der Waals surface area contributed by atoms with Gasteiger partial charge >= 0.3 is 5.97 Å². The maximum atomic E-state index is 11.3. The van der Waals surface area contributed by atoms with E-state index < -0.39 is 0 Å². The topological polar surface area (TPSA) is 55.4 Å². The maximum Gasteiger partial charge on any atom is 0.337 e. The molecule has 0 unspecified atom stereocenters. The first-order valence-electron chi connectivity index (χ1n) is 5.17. The van der Waals surface area contributed by atoms with E-state index in [1.165, 1.54) is 7.11 Å². The monoisotopic (exact) mass is 255 g/mol. The minimum absolute atomic E-state index is 0.0395. The Kier molecular flexibility index (Phi) is 5.49. The molecule has 0 bridgehead atoms. The number of halogens is 1.